The van der Waals surface area contributed by atoms with E-state index in [1.807, 2.05) is 0 Å². The molecule has 1 heterocycles. The minimum absolute atomic E-state index is 0.292. The number of carbonyl (C=O) groups excluding carboxylic acids is 1. The van der Waals surface area contributed by atoms with Gasteiger partial charge in [0, 0.05) is 10.7 Å². The SMILES string of the molecule is O=C(Nc1cc(Br)ccc1Cl)c1ccc(Cl)nc1. The molecule has 0 bridgehead atoms. The molecule has 3 nitrogen and oxygen atoms in total. The molecule has 2 aromatic rings. The van der Waals surface area contributed by atoms with Gasteiger partial charge in [0.05, 0.1) is 16.3 Å². The quantitative estimate of drug-likeness (QED) is 0.819. The number of benzene rings is 1. The zero-order valence-corrected chi connectivity index (χ0v) is 12.1. The molecule has 0 saturated heterocycles. The van der Waals surface area contributed by atoms with Crippen molar-refractivity contribution in [3.63, 3.8) is 0 Å². The summed E-state index contributed by atoms with van der Waals surface area (Å²) >= 11 is 14.9. The fourth-order valence-electron chi connectivity index (χ4n) is 1.30. The Bertz CT molecular complexity index is 587. The van der Waals surface area contributed by atoms with Gasteiger partial charge in [-0.25, -0.2) is 4.98 Å². The Morgan fingerprint density at radius 1 is 1.22 bits per heavy atom. The second kappa shape index (κ2) is 5.69. The van der Waals surface area contributed by atoms with Gasteiger partial charge in [-0.1, -0.05) is 39.1 Å². The van der Waals surface area contributed by atoms with Gasteiger partial charge in [0.1, 0.15) is 5.15 Å². The molecular weight excluding hydrogens is 339 g/mol. The van der Waals surface area contributed by atoms with Gasteiger partial charge in [0.2, 0.25) is 0 Å². The molecule has 0 atom stereocenters. The number of aromatic nitrogens is 1. The fourth-order valence-corrected chi connectivity index (χ4v) is 1.94. The van der Waals surface area contributed by atoms with Crippen molar-refractivity contribution < 1.29 is 4.79 Å². The molecule has 0 unspecified atom stereocenters. The average Bonchev–Trinajstić information content (AvgIpc) is 2.34. The van der Waals surface area contributed by atoms with Crippen LogP contribution in [0.3, 0.4) is 0 Å². The molecule has 1 aromatic heterocycles. The summed E-state index contributed by atoms with van der Waals surface area (Å²) < 4.78 is 0.830. The van der Waals surface area contributed by atoms with Crippen LogP contribution >= 0.6 is 39.1 Å². The molecule has 18 heavy (non-hydrogen) atoms. The lowest BCUT2D eigenvalue weighted by Crippen LogP contribution is -2.12. The number of halogens is 3. The number of amides is 1. The van der Waals surface area contributed by atoms with Crippen LogP contribution in [0.4, 0.5) is 5.69 Å². The molecule has 0 aliphatic carbocycles. The summed E-state index contributed by atoms with van der Waals surface area (Å²) in [7, 11) is 0. The van der Waals surface area contributed by atoms with Crippen LogP contribution in [0.1, 0.15) is 10.4 Å². The third kappa shape index (κ3) is 3.22. The molecule has 0 radical (unpaired) electrons. The van der Waals surface area contributed by atoms with Crippen LogP contribution in [0.2, 0.25) is 10.2 Å². The van der Waals surface area contributed by atoms with Crippen molar-refractivity contribution in [1.82, 2.24) is 4.98 Å². The molecule has 6 heteroatoms. The zero-order valence-electron chi connectivity index (χ0n) is 8.95. The van der Waals surface area contributed by atoms with E-state index < -0.39 is 0 Å². The monoisotopic (exact) mass is 344 g/mol. The number of nitrogens with one attached hydrogen (secondary N) is 1. The molecule has 0 fully saturated rings. The molecule has 0 saturated carbocycles. The van der Waals surface area contributed by atoms with E-state index in [-0.39, 0.29) is 5.91 Å². The lowest BCUT2D eigenvalue weighted by atomic mass is 10.2. The van der Waals surface area contributed by atoms with E-state index in [1.165, 1.54) is 6.20 Å². The van der Waals surface area contributed by atoms with Crippen LogP contribution in [-0.2, 0) is 0 Å². The van der Waals surface area contributed by atoms with E-state index in [9.17, 15) is 4.79 Å². The minimum Gasteiger partial charge on any atom is -0.321 e. The number of hydrogen-bond acceptors (Lipinski definition) is 2. The lowest BCUT2D eigenvalue weighted by molar-refractivity contribution is 0.102. The van der Waals surface area contributed by atoms with Crippen LogP contribution in [0.5, 0.6) is 0 Å². The normalized spacial score (nSPS) is 10.2. The van der Waals surface area contributed by atoms with E-state index in [0.717, 1.165) is 4.47 Å². The number of rotatable bonds is 2. The van der Waals surface area contributed by atoms with Gasteiger partial charge in [0.15, 0.2) is 0 Å². The van der Waals surface area contributed by atoms with Gasteiger partial charge in [-0.2, -0.15) is 0 Å². The summed E-state index contributed by atoms with van der Waals surface area (Å²) in [5.41, 5.74) is 0.946. The van der Waals surface area contributed by atoms with Crippen molar-refractivity contribution >= 4 is 50.7 Å². The molecule has 0 aliphatic heterocycles. The van der Waals surface area contributed by atoms with Gasteiger partial charge in [-0.05, 0) is 30.3 Å². The fraction of sp³-hybridized carbons (Fsp3) is 0. The summed E-state index contributed by atoms with van der Waals surface area (Å²) in [6, 6.07) is 8.36. The Labute approximate surface area is 122 Å². The minimum atomic E-state index is -0.292. The molecule has 1 aromatic carbocycles. The summed E-state index contributed by atoms with van der Waals surface area (Å²) in [6.45, 7) is 0. The largest absolute Gasteiger partial charge is 0.321 e. The Balaban J connectivity index is 2.21. The maximum Gasteiger partial charge on any atom is 0.257 e. The van der Waals surface area contributed by atoms with E-state index in [2.05, 4.69) is 26.2 Å². The first-order valence-corrected chi connectivity index (χ1v) is 6.49. The Kier molecular flexibility index (Phi) is 4.22. The Morgan fingerprint density at radius 3 is 2.67 bits per heavy atom. The summed E-state index contributed by atoms with van der Waals surface area (Å²) in [5.74, 6) is -0.292. The number of anilines is 1. The van der Waals surface area contributed by atoms with Crippen molar-refractivity contribution in [3.8, 4) is 0 Å². The highest BCUT2D eigenvalue weighted by Crippen LogP contribution is 2.26. The van der Waals surface area contributed by atoms with Crippen molar-refractivity contribution in [3.05, 3.63) is 56.7 Å². The van der Waals surface area contributed by atoms with Crippen LogP contribution in [0.15, 0.2) is 41.0 Å². The van der Waals surface area contributed by atoms with Gasteiger partial charge in [0.25, 0.3) is 5.91 Å². The Hall–Kier alpha value is -1.10. The first kappa shape index (κ1) is 13.3. The van der Waals surface area contributed by atoms with Gasteiger partial charge < -0.3 is 5.32 Å². The Morgan fingerprint density at radius 2 is 2.00 bits per heavy atom. The van der Waals surface area contributed by atoms with Crippen LogP contribution in [-0.4, -0.2) is 10.9 Å². The van der Waals surface area contributed by atoms with E-state index in [0.29, 0.717) is 21.4 Å². The standard InChI is InChI=1S/C12H7BrCl2N2O/c13-8-2-3-9(14)10(5-8)17-12(18)7-1-4-11(15)16-6-7/h1-6H,(H,17,18). The van der Waals surface area contributed by atoms with E-state index in [1.54, 1.807) is 30.3 Å². The van der Waals surface area contributed by atoms with Crippen molar-refractivity contribution in [2.45, 2.75) is 0 Å². The van der Waals surface area contributed by atoms with Gasteiger partial charge in [-0.3, -0.25) is 4.79 Å². The maximum atomic E-state index is 11.9. The van der Waals surface area contributed by atoms with E-state index >= 15 is 0 Å². The van der Waals surface area contributed by atoms with Gasteiger partial charge in [-0.15, -0.1) is 0 Å². The molecule has 2 rings (SSSR count). The highest BCUT2D eigenvalue weighted by Gasteiger charge is 2.09. The first-order valence-electron chi connectivity index (χ1n) is 4.94. The van der Waals surface area contributed by atoms with Crippen molar-refractivity contribution in [2.24, 2.45) is 0 Å². The van der Waals surface area contributed by atoms with Crippen LogP contribution in [0.25, 0.3) is 0 Å². The molecule has 0 aliphatic rings. The third-order valence-corrected chi connectivity index (χ3v) is 3.21. The number of nitrogens with zero attached hydrogens (tertiary/aromatic N) is 1. The molecule has 1 N–H and O–H groups in total. The van der Waals surface area contributed by atoms with Gasteiger partial charge >= 0.3 is 0 Å². The maximum absolute atomic E-state index is 11.9. The number of carbonyl (C=O) groups is 1. The topological polar surface area (TPSA) is 42.0 Å². The average molecular weight is 346 g/mol. The zero-order chi connectivity index (χ0) is 13.1. The van der Waals surface area contributed by atoms with Crippen molar-refractivity contribution in [1.29, 1.82) is 0 Å². The van der Waals surface area contributed by atoms with E-state index in [4.69, 9.17) is 23.2 Å². The second-order valence-corrected chi connectivity index (χ2v) is 5.16. The summed E-state index contributed by atoms with van der Waals surface area (Å²) in [4.78, 5) is 15.8. The molecule has 1 amide bonds. The molecule has 92 valence electrons. The van der Waals surface area contributed by atoms with Crippen LogP contribution in [0, 0.1) is 0 Å². The molecule has 0 spiro atoms. The first-order chi connectivity index (χ1) is 8.56. The summed E-state index contributed by atoms with van der Waals surface area (Å²) in [6.07, 6.45) is 1.41. The van der Waals surface area contributed by atoms with Crippen LogP contribution < -0.4 is 5.32 Å². The second-order valence-electron chi connectivity index (χ2n) is 3.45. The third-order valence-electron chi connectivity index (χ3n) is 2.17. The number of hydrogen-bond donors (Lipinski definition) is 1. The predicted octanol–water partition coefficient (Wildman–Crippen LogP) is 4.40. The predicted molar refractivity (Wildman–Crippen MR) is 76.4 cm³/mol. The lowest BCUT2D eigenvalue weighted by Gasteiger charge is -2.07. The number of pyridine rings is 1. The smallest absolute Gasteiger partial charge is 0.257 e. The van der Waals surface area contributed by atoms with Crippen molar-refractivity contribution in [2.75, 3.05) is 5.32 Å². The molecular formula is C12H7BrCl2N2O. The summed E-state index contributed by atoms with van der Waals surface area (Å²) in [5, 5.41) is 3.51. The highest BCUT2D eigenvalue weighted by atomic mass is 79.9. The highest BCUT2D eigenvalue weighted by molar-refractivity contribution is 9.10.